The number of anilines is 1. The second kappa shape index (κ2) is 4.65. The monoisotopic (exact) mass is 232 g/mol. The standard InChI is InChI=1S/C14H20N2O/c1-11-4-2-6-14(15-11)16-8-7-13-12(10-16)5-3-9-17-13/h2,4,6,12-13H,3,5,7-10H2,1H3. The number of pyridine rings is 1. The Morgan fingerprint density at radius 2 is 2.29 bits per heavy atom. The lowest BCUT2D eigenvalue weighted by Gasteiger charge is -2.41. The first-order valence-corrected chi connectivity index (χ1v) is 6.63. The zero-order chi connectivity index (χ0) is 11.7. The van der Waals surface area contributed by atoms with Gasteiger partial charge in [-0.2, -0.15) is 0 Å². The lowest BCUT2D eigenvalue weighted by Crippen LogP contribution is -2.46. The molecule has 0 amide bonds. The molecule has 0 spiro atoms. The van der Waals surface area contributed by atoms with Crippen LogP contribution in [0.5, 0.6) is 0 Å². The van der Waals surface area contributed by atoms with Crippen molar-refractivity contribution < 1.29 is 4.74 Å². The van der Waals surface area contributed by atoms with Gasteiger partial charge in [0.25, 0.3) is 0 Å². The summed E-state index contributed by atoms with van der Waals surface area (Å²) in [5.41, 5.74) is 1.10. The van der Waals surface area contributed by atoms with Crippen LogP contribution in [0, 0.1) is 12.8 Å². The zero-order valence-corrected chi connectivity index (χ0v) is 10.4. The molecular weight excluding hydrogens is 212 g/mol. The van der Waals surface area contributed by atoms with Crippen LogP contribution in [-0.2, 0) is 4.74 Å². The highest BCUT2D eigenvalue weighted by atomic mass is 16.5. The van der Waals surface area contributed by atoms with Gasteiger partial charge < -0.3 is 9.64 Å². The van der Waals surface area contributed by atoms with E-state index >= 15 is 0 Å². The Balaban J connectivity index is 1.73. The fourth-order valence-electron chi connectivity index (χ4n) is 3.00. The number of hydrogen-bond acceptors (Lipinski definition) is 3. The van der Waals surface area contributed by atoms with Crippen molar-refractivity contribution in [2.24, 2.45) is 5.92 Å². The van der Waals surface area contributed by atoms with Gasteiger partial charge in [0.15, 0.2) is 0 Å². The lowest BCUT2D eigenvalue weighted by molar-refractivity contribution is -0.0358. The Morgan fingerprint density at radius 3 is 3.18 bits per heavy atom. The Hall–Kier alpha value is -1.09. The fraction of sp³-hybridized carbons (Fsp3) is 0.643. The van der Waals surface area contributed by atoms with Crippen molar-refractivity contribution in [3.8, 4) is 0 Å². The fourth-order valence-corrected chi connectivity index (χ4v) is 3.00. The third-order valence-corrected chi connectivity index (χ3v) is 3.91. The minimum absolute atomic E-state index is 0.504. The molecule has 0 aromatic carbocycles. The Kier molecular flexibility index (Phi) is 3.02. The minimum Gasteiger partial charge on any atom is -0.378 e. The summed E-state index contributed by atoms with van der Waals surface area (Å²) in [5.74, 6) is 1.84. The molecule has 3 heteroatoms. The van der Waals surface area contributed by atoms with Crippen LogP contribution in [0.25, 0.3) is 0 Å². The number of nitrogens with zero attached hydrogens (tertiary/aromatic N) is 2. The van der Waals surface area contributed by atoms with Gasteiger partial charge in [0, 0.05) is 31.3 Å². The molecule has 2 aliphatic rings. The van der Waals surface area contributed by atoms with Gasteiger partial charge in [-0.25, -0.2) is 4.98 Å². The first-order chi connectivity index (χ1) is 8.33. The molecule has 3 rings (SSSR count). The van der Waals surface area contributed by atoms with E-state index in [0.717, 1.165) is 37.6 Å². The average molecular weight is 232 g/mol. The maximum atomic E-state index is 5.84. The maximum absolute atomic E-state index is 5.84. The van der Waals surface area contributed by atoms with Gasteiger partial charge in [0.2, 0.25) is 0 Å². The van der Waals surface area contributed by atoms with E-state index in [-0.39, 0.29) is 0 Å². The summed E-state index contributed by atoms with van der Waals surface area (Å²) in [6, 6.07) is 6.28. The number of ether oxygens (including phenoxy) is 1. The largest absolute Gasteiger partial charge is 0.378 e. The molecule has 2 atom stereocenters. The number of fused-ring (bicyclic) bond motifs is 1. The first kappa shape index (κ1) is 11.0. The third kappa shape index (κ3) is 2.29. The molecule has 0 saturated carbocycles. The van der Waals surface area contributed by atoms with Crippen LogP contribution in [0.15, 0.2) is 18.2 Å². The molecule has 92 valence electrons. The normalized spacial score (nSPS) is 28.9. The molecule has 2 saturated heterocycles. The molecule has 2 unspecified atom stereocenters. The summed E-state index contributed by atoms with van der Waals surface area (Å²) in [5, 5.41) is 0. The quantitative estimate of drug-likeness (QED) is 0.743. The molecule has 0 bridgehead atoms. The Morgan fingerprint density at radius 1 is 1.35 bits per heavy atom. The van der Waals surface area contributed by atoms with Crippen molar-refractivity contribution in [2.45, 2.75) is 32.3 Å². The Bertz CT molecular complexity index is 394. The highest BCUT2D eigenvalue weighted by Gasteiger charge is 2.32. The molecule has 3 heterocycles. The molecule has 2 aliphatic heterocycles. The zero-order valence-electron chi connectivity index (χ0n) is 10.4. The van der Waals surface area contributed by atoms with Crippen molar-refractivity contribution in [3.63, 3.8) is 0 Å². The molecular formula is C14H20N2O. The number of aromatic nitrogens is 1. The van der Waals surface area contributed by atoms with Crippen LogP contribution in [0.3, 0.4) is 0 Å². The molecule has 1 aromatic heterocycles. The Labute approximate surface area is 103 Å². The van der Waals surface area contributed by atoms with Gasteiger partial charge in [0.05, 0.1) is 6.10 Å². The van der Waals surface area contributed by atoms with Crippen LogP contribution in [0.2, 0.25) is 0 Å². The molecule has 0 aliphatic carbocycles. The number of rotatable bonds is 1. The van der Waals surface area contributed by atoms with Crippen molar-refractivity contribution in [3.05, 3.63) is 23.9 Å². The van der Waals surface area contributed by atoms with Crippen LogP contribution < -0.4 is 4.90 Å². The SMILES string of the molecule is Cc1cccc(N2CCC3OCCCC3C2)n1. The first-order valence-electron chi connectivity index (χ1n) is 6.63. The van der Waals surface area contributed by atoms with E-state index in [1.807, 2.05) is 0 Å². The van der Waals surface area contributed by atoms with E-state index in [0.29, 0.717) is 12.0 Å². The predicted octanol–water partition coefficient (Wildman–Crippen LogP) is 2.40. The highest BCUT2D eigenvalue weighted by Crippen LogP contribution is 2.30. The van der Waals surface area contributed by atoms with Crippen LogP contribution in [-0.4, -0.2) is 30.8 Å². The van der Waals surface area contributed by atoms with E-state index in [1.54, 1.807) is 0 Å². The van der Waals surface area contributed by atoms with Crippen molar-refractivity contribution in [2.75, 3.05) is 24.6 Å². The summed E-state index contributed by atoms with van der Waals surface area (Å²) in [4.78, 5) is 7.04. The predicted molar refractivity (Wildman–Crippen MR) is 68.3 cm³/mol. The van der Waals surface area contributed by atoms with Crippen molar-refractivity contribution in [1.29, 1.82) is 0 Å². The van der Waals surface area contributed by atoms with Gasteiger partial charge in [0.1, 0.15) is 5.82 Å². The average Bonchev–Trinajstić information content (AvgIpc) is 2.38. The molecule has 2 fully saturated rings. The maximum Gasteiger partial charge on any atom is 0.128 e. The van der Waals surface area contributed by atoms with E-state index in [9.17, 15) is 0 Å². The van der Waals surface area contributed by atoms with Gasteiger partial charge in [-0.3, -0.25) is 0 Å². The van der Waals surface area contributed by atoms with Gasteiger partial charge in [-0.05, 0) is 38.3 Å². The summed E-state index contributed by atoms with van der Waals surface area (Å²) < 4.78 is 5.84. The van der Waals surface area contributed by atoms with Crippen LogP contribution >= 0.6 is 0 Å². The van der Waals surface area contributed by atoms with Crippen LogP contribution in [0.4, 0.5) is 5.82 Å². The molecule has 3 nitrogen and oxygen atoms in total. The summed E-state index contributed by atoms with van der Waals surface area (Å²) in [7, 11) is 0. The minimum atomic E-state index is 0.504. The van der Waals surface area contributed by atoms with Crippen molar-refractivity contribution >= 4 is 5.82 Å². The van der Waals surface area contributed by atoms with E-state index < -0.39 is 0 Å². The molecule has 0 radical (unpaired) electrons. The van der Waals surface area contributed by atoms with E-state index in [2.05, 4.69) is 35.0 Å². The summed E-state index contributed by atoms with van der Waals surface area (Å²) >= 11 is 0. The van der Waals surface area contributed by atoms with Gasteiger partial charge in [-0.15, -0.1) is 0 Å². The topological polar surface area (TPSA) is 25.4 Å². The second-order valence-corrected chi connectivity index (χ2v) is 5.18. The smallest absolute Gasteiger partial charge is 0.128 e. The van der Waals surface area contributed by atoms with Gasteiger partial charge in [-0.1, -0.05) is 6.07 Å². The van der Waals surface area contributed by atoms with Gasteiger partial charge >= 0.3 is 0 Å². The summed E-state index contributed by atoms with van der Waals surface area (Å²) in [6.07, 6.45) is 4.19. The summed E-state index contributed by atoms with van der Waals surface area (Å²) in [6.45, 7) is 5.21. The van der Waals surface area contributed by atoms with E-state index in [1.165, 1.54) is 12.8 Å². The second-order valence-electron chi connectivity index (χ2n) is 5.18. The lowest BCUT2D eigenvalue weighted by atomic mass is 9.88. The molecule has 0 N–H and O–H groups in total. The third-order valence-electron chi connectivity index (χ3n) is 3.91. The number of hydrogen-bond donors (Lipinski definition) is 0. The molecule has 17 heavy (non-hydrogen) atoms. The van der Waals surface area contributed by atoms with Crippen LogP contribution in [0.1, 0.15) is 25.0 Å². The molecule has 1 aromatic rings. The van der Waals surface area contributed by atoms with E-state index in [4.69, 9.17) is 4.74 Å². The van der Waals surface area contributed by atoms with Crippen molar-refractivity contribution in [1.82, 2.24) is 4.98 Å². The number of aryl methyl sites for hydroxylation is 1. The highest BCUT2D eigenvalue weighted by molar-refractivity contribution is 5.39. The number of piperidine rings is 1.